The molecule has 1 saturated heterocycles. The quantitative estimate of drug-likeness (QED) is 0.602. The van der Waals surface area contributed by atoms with Gasteiger partial charge in [-0.2, -0.15) is 0 Å². The first-order valence-corrected chi connectivity index (χ1v) is 4.30. The Kier molecular flexibility index (Phi) is 1.49. The van der Waals surface area contributed by atoms with Crippen LogP contribution in [0.5, 0.6) is 0 Å². The molecule has 0 aromatic rings. The minimum atomic E-state index is -0.986. The zero-order valence-corrected chi connectivity index (χ0v) is 7.57. The third-order valence-corrected chi connectivity index (χ3v) is 3.06. The lowest BCUT2D eigenvalue weighted by Crippen LogP contribution is -2.51. The fraction of sp³-hybridized carbons (Fsp3) is 0.556. The van der Waals surface area contributed by atoms with Crippen molar-refractivity contribution in [3.63, 3.8) is 0 Å². The molecule has 0 spiro atoms. The molecule has 4 heteroatoms. The van der Waals surface area contributed by atoms with Crippen molar-refractivity contribution in [1.29, 1.82) is 0 Å². The van der Waals surface area contributed by atoms with E-state index in [1.165, 1.54) is 4.90 Å². The molecule has 2 heterocycles. The number of amides is 1. The molecule has 1 amide bonds. The molecule has 70 valence electrons. The van der Waals surface area contributed by atoms with Gasteiger partial charge in [-0.25, -0.2) is 4.79 Å². The van der Waals surface area contributed by atoms with Gasteiger partial charge >= 0.3 is 5.97 Å². The first-order valence-electron chi connectivity index (χ1n) is 4.30. The van der Waals surface area contributed by atoms with Crippen molar-refractivity contribution in [2.45, 2.75) is 26.3 Å². The van der Waals surface area contributed by atoms with Gasteiger partial charge in [0.15, 0.2) is 0 Å². The van der Waals surface area contributed by atoms with Crippen molar-refractivity contribution < 1.29 is 14.7 Å². The maximum absolute atomic E-state index is 11.1. The van der Waals surface area contributed by atoms with E-state index in [1.807, 2.05) is 6.92 Å². The van der Waals surface area contributed by atoms with Crippen LogP contribution in [-0.4, -0.2) is 27.9 Å². The number of hydrogen-bond acceptors (Lipinski definition) is 2. The van der Waals surface area contributed by atoms with Crippen molar-refractivity contribution in [3.05, 3.63) is 11.3 Å². The Morgan fingerprint density at radius 2 is 2.23 bits per heavy atom. The molecule has 0 aromatic carbocycles. The van der Waals surface area contributed by atoms with Gasteiger partial charge in [-0.3, -0.25) is 4.79 Å². The number of carboxylic acids is 1. The number of aliphatic carboxylic acids is 1. The average molecular weight is 181 g/mol. The van der Waals surface area contributed by atoms with Crippen molar-refractivity contribution in [1.82, 2.24) is 4.90 Å². The number of β-lactam (4-membered cyclic amide) rings is 1. The Balaban J connectivity index is 2.41. The van der Waals surface area contributed by atoms with Gasteiger partial charge in [-0.05, 0) is 12.5 Å². The van der Waals surface area contributed by atoms with E-state index in [0.717, 1.165) is 5.57 Å². The van der Waals surface area contributed by atoms with E-state index in [9.17, 15) is 9.59 Å². The molecule has 1 unspecified atom stereocenters. The minimum absolute atomic E-state index is 0.0638. The summed E-state index contributed by atoms with van der Waals surface area (Å²) in [5.41, 5.74) is 1.03. The van der Waals surface area contributed by atoms with Crippen LogP contribution in [0.2, 0.25) is 0 Å². The van der Waals surface area contributed by atoms with Crippen molar-refractivity contribution in [2.75, 3.05) is 0 Å². The van der Waals surface area contributed by atoms with E-state index < -0.39 is 5.97 Å². The summed E-state index contributed by atoms with van der Waals surface area (Å²) >= 11 is 0. The highest BCUT2D eigenvalue weighted by molar-refractivity contribution is 5.98. The molecule has 2 aliphatic rings. The summed E-state index contributed by atoms with van der Waals surface area (Å²) in [6.07, 6.45) is 0.495. The predicted molar refractivity (Wildman–Crippen MR) is 44.8 cm³/mol. The van der Waals surface area contributed by atoms with E-state index in [-0.39, 0.29) is 23.6 Å². The Hall–Kier alpha value is -1.32. The third kappa shape index (κ3) is 0.855. The van der Waals surface area contributed by atoms with Gasteiger partial charge in [0.2, 0.25) is 5.91 Å². The van der Waals surface area contributed by atoms with E-state index in [0.29, 0.717) is 6.42 Å². The van der Waals surface area contributed by atoms with Crippen LogP contribution in [0.15, 0.2) is 11.3 Å². The van der Waals surface area contributed by atoms with Crippen LogP contribution in [0.1, 0.15) is 20.3 Å². The molecular formula is C9H11NO3. The highest BCUT2D eigenvalue weighted by Gasteiger charge is 2.50. The van der Waals surface area contributed by atoms with Gasteiger partial charge in [0, 0.05) is 12.3 Å². The Morgan fingerprint density at radius 3 is 2.62 bits per heavy atom. The Labute approximate surface area is 75.8 Å². The molecule has 2 aliphatic heterocycles. The molecule has 13 heavy (non-hydrogen) atoms. The van der Waals surface area contributed by atoms with Crippen molar-refractivity contribution in [3.8, 4) is 0 Å². The summed E-state index contributed by atoms with van der Waals surface area (Å²) in [4.78, 5) is 23.4. The molecule has 2 atom stereocenters. The second-order valence-corrected chi connectivity index (χ2v) is 3.66. The fourth-order valence-electron chi connectivity index (χ4n) is 2.10. The van der Waals surface area contributed by atoms with E-state index in [1.54, 1.807) is 6.92 Å². The molecular weight excluding hydrogens is 170 g/mol. The van der Waals surface area contributed by atoms with Gasteiger partial charge < -0.3 is 10.0 Å². The zero-order valence-electron chi connectivity index (χ0n) is 7.57. The molecule has 0 aliphatic carbocycles. The maximum atomic E-state index is 11.1. The third-order valence-electron chi connectivity index (χ3n) is 3.06. The van der Waals surface area contributed by atoms with Crippen LogP contribution in [-0.2, 0) is 9.59 Å². The second kappa shape index (κ2) is 2.34. The highest BCUT2D eigenvalue weighted by atomic mass is 16.4. The monoisotopic (exact) mass is 181 g/mol. The normalized spacial score (nSPS) is 31.8. The predicted octanol–water partition coefficient (Wildman–Crippen LogP) is 0.596. The van der Waals surface area contributed by atoms with Crippen LogP contribution in [0, 0.1) is 5.92 Å². The van der Waals surface area contributed by atoms with Crippen LogP contribution in [0.4, 0.5) is 0 Å². The van der Waals surface area contributed by atoms with Crippen LogP contribution in [0.25, 0.3) is 0 Å². The van der Waals surface area contributed by atoms with Crippen molar-refractivity contribution in [2.24, 2.45) is 5.92 Å². The highest BCUT2D eigenvalue weighted by Crippen LogP contribution is 2.41. The molecule has 0 bridgehead atoms. The number of nitrogens with zero attached hydrogens (tertiary/aromatic N) is 1. The maximum Gasteiger partial charge on any atom is 0.352 e. The van der Waals surface area contributed by atoms with Gasteiger partial charge in [0.05, 0.1) is 6.04 Å². The molecule has 1 fully saturated rings. The van der Waals surface area contributed by atoms with Gasteiger partial charge in [-0.15, -0.1) is 0 Å². The number of fused-ring (bicyclic) bond motifs is 1. The molecule has 0 aromatic heterocycles. The van der Waals surface area contributed by atoms with Crippen molar-refractivity contribution >= 4 is 11.9 Å². The van der Waals surface area contributed by atoms with E-state index in [4.69, 9.17) is 5.11 Å². The minimum Gasteiger partial charge on any atom is -0.477 e. The molecule has 2 rings (SSSR count). The van der Waals surface area contributed by atoms with Crippen LogP contribution in [0.3, 0.4) is 0 Å². The molecule has 0 saturated carbocycles. The summed E-state index contributed by atoms with van der Waals surface area (Å²) in [6, 6.07) is 0.110. The molecule has 0 radical (unpaired) electrons. The van der Waals surface area contributed by atoms with Gasteiger partial charge in [0.1, 0.15) is 5.70 Å². The summed E-state index contributed by atoms with van der Waals surface area (Å²) in [7, 11) is 0. The fourth-order valence-corrected chi connectivity index (χ4v) is 2.10. The lowest BCUT2D eigenvalue weighted by Gasteiger charge is -2.37. The standard InChI is InChI=1S/C9H11NO3/c1-4-5(2)8(9(12)13)10-6(4)3-7(10)11/h4,6H,3H2,1-2H3,(H,12,13)/t4?,6-/m0/s1. The SMILES string of the molecule is CC1=C(C(=O)O)N2C(=O)C[C@H]2C1C. The second-order valence-electron chi connectivity index (χ2n) is 3.66. The smallest absolute Gasteiger partial charge is 0.352 e. The number of carbonyl (C=O) groups is 2. The topological polar surface area (TPSA) is 57.6 Å². The van der Waals surface area contributed by atoms with Gasteiger partial charge in [0.25, 0.3) is 0 Å². The first kappa shape index (κ1) is 8.29. The summed E-state index contributed by atoms with van der Waals surface area (Å²) in [5.74, 6) is -0.852. The first-order chi connectivity index (χ1) is 6.04. The Morgan fingerprint density at radius 1 is 1.62 bits per heavy atom. The summed E-state index contributed by atoms with van der Waals surface area (Å²) in [5, 5.41) is 8.89. The number of carbonyl (C=O) groups excluding carboxylic acids is 1. The molecule has 1 N–H and O–H groups in total. The lowest BCUT2D eigenvalue weighted by atomic mass is 9.91. The number of carboxylic acid groups (broad SMARTS) is 1. The average Bonchev–Trinajstić information content (AvgIpc) is 2.24. The number of rotatable bonds is 1. The van der Waals surface area contributed by atoms with Crippen LogP contribution >= 0.6 is 0 Å². The number of hydrogen-bond donors (Lipinski definition) is 1. The summed E-state index contributed by atoms with van der Waals surface area (Å²) in [6.45, 7) is 3.76. The van der Waals surface area contributed by atoms with Crippen LogP contribution < -0.4 is 0 Å². The van der Waals surface area contributed by atoms with E-state index in [2.05, 4.69) is 0 Å². The lowest BCUT2D eigenvalue weighted by molar-refractivity contribution is -0.148. The Bertz CT molecular complexity index is 332. The zero-order chi connectivity index (χ0) is 9.75. The summed E-state index contributed by atoms with van der Waals surface area (Å²) < 4.78 is 0. The largest absolute Gasteiger partial charge is 0.477 e. The van der Waals surface area contributed by atoms with Gasteiger partial charge in [-0.1, -0.05) is 6.92 Å². The molecule has 4 nitrogen and oxygen atoms in total. The van der Waals surface area contributed by atoms with E-state index >= 15 is 0 Å².